The smallest absolute Gasteiger partial charge is 0.146 e. The van der Waals surface area contributed by atoms with Crippen molar-refractivity contribution in [3.05, 3.63) is 194 Å². The van der Waals surface area contributed by atoms with Gasteiger partial charge in [-0.1, -0.05) is 151 Å². The molecule has 11 aromatic rings. The van der Waals surface area contributed by atoms with Crippen molar-refractivity contribution in [2.75, 3.05) is 0 Å². The van der Waals surface area contributed by atoms with Crippen LogP contribution in [-0.2, 0) is 0 Å². The molecule has 0 saturated carbocycles. The zero-order valence-electron chi connectivity index (χ0n) is 38.5. The van der Waals surface area contributed by atoms with Crippen molar-refractivity contribution in [2.24, 2.45) is 0 Å². The van der Waals surface area contributed by atoms with Crippen LogP contribution in [0, 0.1) is 0 Å². The van der Waals surface area contributed by atoms with Gasteiger partial charge in [0.2, 0.25) is 0 Å². The summed E-state index contributed by atoms with van der Waals surface area (Å²) in [6.07, 6.45) is 0. The highest BCUT2D eigenvalue weighted by Gasteiger charge is 2.24. The Labute approximate surface area is 326 Å². The fourth-order valence-electron chi connectivity index (χ4n) is 7.98. The number of imidazole rings is 1. The van der Waals surface area contributed by atoms with Crippen LogP contribution in [-0.4, -0.2) is 9.55 Å². The minimum absolute atomic E-state index is 0.0294. The van der Waals surface area contributed by atoms with Crippen LogP contribution in [0.25, 0.3) is 105 Å². The molecule has 3 heteroatoms. The van der Waals surface area contributed by atoms with Gasteiger partial charge in [-0.05, 0) is 97.3 Å². The summed E-state index contributed by atoms with van der Waals surface area (Å²) in [6, 6.07) is 38.4. The lowest BCUT2D eigenvalue weighted by Gasteiger charge is -2.21. The third kappa shape index (κ3) is 4.65. The van der Waals surface area contributed by atoms with Crippen molar-refractivity contribution in [2.45, 2.75) is 0 Å². The first-order valence-electron chi connectivity index (χ1n) is 22.6. The Balaban J connectivity index is 1.30. The van der Waals surface area contributed by atoms with E-state index in [4.69, 9.17) is 23.1 Å². The standard InChI is InChI=1S/C51H32N2O/c1-3-16-33(17-4-1)34-30-31-39-43(32-34)49(42-25-15-29-47-50(42)41-24-11-14-28-46(41)54-47)37-21-8-7-20-36(37)48(39)38-22-9-10-23-40(38)51-52-44-26-12-13-27-45(44)53(51)35-18-5-2-6-19-35/h1-32H/i1D,2D,3D,4D,5D,6D,16D,17D,18D,19D. The van der Waals surface area contributed by atoms with Crippen LogP contribution in [0.1, 0.15) is 13.7 Å². The maximum Gasteiger partial charge on any atom is 0.146 e. The number of rotatable bonds is 5. The normalized spacial score (nSPS) is 14.3. The highest BCUT2D eigenvalue weighted by molar-refractivity contribution is 6.26. The molecule has 0 N–H and O–H groups in total. The molecule has 0 spiro atoms. The molecule has 0 bridgehead atoms. The number of benzene rings is 9. The number of hydrogen-bond donors (Lipinski definition) is 0. The van der Waals surface area contributed by atoms with Crippen molar-refractivity contribution in [1.82, 2.24) is 9.55 Å². The van der Waals surface area contributed by atoms with Crippen LogP contribution < -0.4 is 0 Å². The van der Waals surface area contributed by atoms with Gasteiger partial charge in [-0.15, -0.1) is 0 Å². The summed E-state index contributed by atoms with van der Waals surface area (Å²) in [4.78, 5) is 5.11. The molecule has 54 heavy (non-hydrogen) atoms. The van der Waals surface area contributed by atoms with Gasteiger partial charge in [-0.3, -0.25) is 4.57 Å². The van der Waals surface area contributed by atoms with E-state index < -0.39 is 36.3 Å². The number of hydrogen-bond acceptors (Lipinski definition) is 2. The summed E-state index contributed by atoms with van der Waals surface area (Å²) in [5.74, 6) is 0.363. The predicted molar refractivity (Wildman–Crippen MR) is 225 cm³/mol. The Bertz CT molecular complexity index is 3760. The van der Waals surface area contributed by atoms with Gasteiger partial charge < -0.3 is 4.42 Å². The molecular weight excluding hydrogens is 657 g/mol. The molecule has 2 aromatic heterocycles. The van der Waals surface area contributed by atoms with Crippen LogP contribution in [0.3, 0.4) is 0 Å². The third-order valence-corrected chi connectivity index (χ3v) is 10.2. The van der Waals surface area contributed by atoms with Crippen LogP contribution in [0.2, 0.25) is 0 Å². The van der Waals surface area contributed by atoms with Gasteiger partial charge >= 0.3 is 0 Å². The Morgan fingerprint density at radius 3 is 1.89 bits per heavy atom. The van der Waals surface area contributed by atoms with E-state index in [0.29, 0.717) is 33.6 Å². The molecule has 0 aliphatic carbocycles. The number of fused-ring (bicyclic) bond motifs is 6. The molecule has 0 fully saturated rings. The molecule has 0 atom stereocenters. The lowest BCUT2D eigenvalue weighted by molar-refractivity contribution is 0.669. The molecule has 2 heterocycles. The molecule has 0 amide bonds. The molecule has 0 unspecified atom stereocenters. The molecule has 0 radical (unpaired) electrons. The second-order valence-electron chi connectivity index (χ2n) is 13.1. The average Bonchev–Trinajstić information content (AvgIpc) is 3.90. The maximum absolute atomic E-state index is 9.05. The highest BCUT2D eigenvalue weighted by atomic mass is 16.3. The van der Waals surface area contributed by atoms with E-state index in [1.165, 1.54) is 0 Å². The average molecular weight is 699 g/mol. The summed E-state index contributed by atoms with van der Waals surface area (Å²) in [5.41, 5.74) is 6.93. The van der Waals surface area contributed by atoms with Gasteiger partial charge in [0.05, 0.1) is 24.7 Å². The minimum Gasteiger partial charge on any atom is -0.456 e. The van der Waals surface area contributed by atoms with Gasteiger partial charge in [0.1, 0.15) is 17.0 Å². The van der Waals surface area contributed by atoms with Gasteiger partial charge in [0.15, 0.2) is 0 Å². The molecule has 0 saturated heterocycles. The van der Waals surface area contributed by atoms with Crippen LogP contribution in [0.4, 0.5) is 0 Å². The molecule has 11 rings (SSSR count). The van der Waals surface area contributed by atoms with Gasteiger partial charge in [-0.2, -0.15) is 0 Å². The SMILES string of the molecule is [2H]c1c([2H])c([2H])c(-c2ccc3c(-c4ccccc4-c4nc5ccccc5n4-c4c([2H])c([2H])c([2H])c([2H])c4[2H])c4ccccc4c(-c4cccc5oc6ccccc6c45)c3c2)c([2H])c1[2H]. The number of aromatic nitrogens is 2. The highest BCUT2D eigenvalue weighted by Crippen LogP contribution is 2.49. The molecule has 252 valence electrons. The number of furan rings is 1. The summed E-state index contributed by atoms with van der Waals surface area (Å²) < 4.78 is 95.0. The van der Waals surface area contributed by atoms with Gasteiger partial charge in [0.25, 0.3) is 0 Å². The predicted octanol–water partition coefficient (Wildman–Crippen LogP) is 13.9. The van der Waals surface area contributed by atoms with Crippen molar-refractivity contribution in [3.63, 3.8) is 0 Å². The summed E-state index contributed by atoms with van der Waals surface area (Å²) in [6.45, 7) is 0. The van der Waals surface area contributed by atoms with Crippen molar-refractivity contribution < 1.29 is 18.1 Å². The fraction of sp³-hybridized carbons (Fsp3) is 0. The lowest BCUT2D eigenvalue weighted by atomic mass is 9.83. The Morgan fingerprint density at radius 2 is 1.07 bits per heavy atom. The first kappa shape index (κ1) is 22.0. The zero-order valence-corrected chi connectivity index (χ0v) is 28.5. The molecule has 0 aliphatic heterocycles. The van der Waals surface area contributed by atoms with E-state index >= 15 is 0 Å². The van der Waals surface area contributed by atoms with Crippen molar-refractivity contribution >= 4 is 54.5 Å². The number of nitrogens with zero attached hydrogens (tertiary/aromatic N) is 2. The fourth-order valence-corrected chi connectivity index (χ4v) is 7.98. The first-order chi connectivity index (χ1) is 31.0. The third-order valence-electron chi connectivity index (χ3n) is 10.2. The van der Waals surface area contributed by atoms with E-state index in [-0.39, 0.29) is 35.4 Å². The maximum atomic E-state index is 9.05. The molecule has 0 aliphatic rings. The summed E-state index contributed by atoms with van der Waals surface area (Å²) in [7, 11) is 0. The zero-order chi connectivity index (χ0) is 44.3. The van der Waals surface area contributed by atoms with E-state index in [0.717, 1.165) is 60.2 Å². The largest absolute Gasteiger partial charge is 0.456 e. The molecule has 3 nitrogen and oxygen atoms in total. The topological polar surface area (TPSA) is 31.0 Å². The monoisotopic (exact) mass is 698 g/mol. The van der Waals surface area contributed by atoms with Gasteiger partial charge in [-0.25, -0.2) is 4.98 Å². The van der Waals surface area contributed by atoms with E-state index in [2.05, 4.69) is 18.2 Å². The van der Waals surface area contributed by atoms with E-state index in [1.807, 2.05) is 109 Å². The van der Waals surface area contributed by atoms with Crippen LogP contribution >= 0.6 is 0 Å². The van der Waals surface area contributed by atoms with Crippen LogP contribution in [0.15, 0.2) is 198 Å². The molecular formula is C51H32N2O. The van der Waals surface area contributed by atoms with Gasteiger partial charge in [0, 0.05) is 22.0 Å². The minimum atomic E-state index is -0.495. The molecule has 9 aromatic carbocycles. The number of para-hydroxylation sites is 4. The summed E-state index contributed by atoms with van der Waals surface area (Å²) >= 11 is 0. The van der Waals surface area contributed by atoms with E-state index in [9.17, 15) is 0 Å². The van der Waals surface area contributed by atoms with Crippen LogP contribution in [0.5, 0.6) is 0 Å². The summed E-state index contributed by atoms with van der Waals surface area (Å²) in [5, 5.41) is 5.10. The van der Waals surface area contributed by atoms with Crippen molar-refractivity contribution in [1.29, 1.82) is 0 Å². The Hall–Kier alpha value is -7.23. The lowest BCUT2D eigenvalue weighted by Crippen LogP contribution is -1.99. The quantitative estimate of drug-likeness (QED) is 0.168. The Morgan fingerprint density at radius 1 is 0.463 bits per heavy atom. The van der Waals surface area contributed by atoms with Crippen molar-refractivity contribution in [3.8, 4) is 50.5 Å². The second kappa shape index (κ2) is 12.2. The first-order valence-corrected chi connectivity index (χ1v) is 17.6. The van der Waals surface area contributed by atoms with E-state index in [1.54, 1.807) is 10.6 Å². The Kier molecular flexibility index (Phi) is 4.96. The second-order valence-corrected chi connectivity index (χ2v) is 13.1.